The minimum absolute atomic E-state index is 0.139. The number of nitrogens with two attached hydrogens (primary N) is 1. The number of nitrogens with one attached hydrogen (secondary N) is 3. The van der Waals surface area contributed by atoms with Crippen molar-refractivity contribution < 1.29 is 4.79 Å². The van der Waals surface area contributed by atoms with Gasteiger partial charge in [0.2, 0.25) is 0 Å². The second kappa shape index (κ2) is 5.93. The number of amides is 1. The number of fused-ring (bicyclic) bond motifs is 1. The monoisotopic (exact) mass is 279 g/mol. The standard InChI is InChI=1S/C14H25N5O/c1-9(2)6-14(3,8-15)17-13(20)12-10-7-16-5-4-11(10)18-19-12/h9,16H,4-8,15H2,1-3H3,(H,17,20)(H,18,19). The largest absolute Gasteiger partial charge is 0.344 e. The number of carbonyl (C=O) groups excluding carboxylic acids is 1. The first-order valence-electron chi connectivity index (χ1n) is 7.24. The molecule has 20 heavy (non-hydrogen) atoms. The lowest BCUT2D eigenvalue weighted by atomic mass is 9.90. The summed E-state index contributed by atoms with van der Waals surface area (Å²) in [5.41, 5.74) is 7.99. The van der Waals surface area contributed by atoms with E-state index < -0.39 is 0 Å². The van der Waals surface area contributed by atoms with Crippen LogP contribution in [0.5, 0.6) is 0 Å². The molecule has 0 spiro atoms. The van der Waals surface area contributed by atoms with Crippen LogP contribution in [0.1, 0.15) is 48.9 Å². The van der Waals surface area contributed by atoms with E-state index in [9.17, 15) is 4.79 Å². The van der Waals surface area contributed by atoms with Gasteiger partial charge in [0.15, 0.2) is 5.69 Å². The molecule has 6 heteroatoms. The van der Waals surface area contributed by atoms with Crippen molar-refractivity contribution in [3.63, 3.8) is 0 Å². The molecule has 2 heterocycles. The highest BCUT2D eigenvalue weighted by atomic mass is 16.2. The van der Waals surface area contributed by atoms with Gasteiger partial charge in [-0.15, -0.1) is 0 Å². The number of carbonyl (C=O) groups is 1. The third-order valence-electron chi connectivity index (χ3n) is 3.75. The Labute approximate surface area is 119 Å². The Kier molecular flexibility index (Phi) is 4.45. The average Bonchev–Trinajstić information content (AvgIpc) is 2.81. The first-order chi connectivity index (χ1) is 9.45. The third-order valence-corrected chi connectivity index (χ3v) is 3.75. The van der Waals surface area contributed by atoms with Crippen molar-refractivity contribution >= 4 is 5.91 Å². The fourth-order valence-electron chi connectivity index (χ4n) is 2.83. The molecule has 1 aliphatic heterocycles. The van der Waals surface area contributed by atoms with E-state index in [1.807, 2.05) is 6.92 Å². The lowest BCUT2D eigenvalue weighted by Crippen LogP contribution is -2.52. The maximum Gasteiger partial charge on any atom is 0.272 e. The summed E-state index contributed by atoms with van der Waals surface area (Å²) < 4.78 is 0. The van der Waals surface area contributed by atoms with Crippen LogP contribution in [-0.4, -0.2) is 34.7 Å². The first-order valence-corrected chi connectivity index (χ1v) is 7.24. The highest BCUT2D eigenvalue weighted by molar-refractivity contribution is 5.94. The van der Waals surface area contributed by atoms with E-state index in [1.165, 1.54) is 0 Å². The third kappa shape index (κ3) is 3.19. The zero-order valence-corrected chi connectivity index (χ0v) is 12.5. The Balaban J connectivity index is 2.13. The zero-order valence-electron chi connectivity index (χ0n) is 12.5. The molecule has 0 radical (unpaired) electrons. The van der Waals surface area contributed by atoms with Crippen molar-refractivity contribution in [2.24, 2.45) is 11.7 Å². The number of hydrogen-bond acceptors (Lipinski definition) is 4. The van der Waals surface area contributed by atoms with Gasteiger partial charge in [-0.1, -0.05) is 13.8 Å². The average molecular weight is 279 g/mol. The summed E-state index contributed by atoms with van der Waals surface area (Å²) in [7, 11) is 0. The summed E-state index contributed by atoms with van der Waals surface area (Å²) in [4.78, 5) is 12.5. The summed E-state index contributed by atoms with van der Waals surface area (Å²) in [6.45, 7) is 8.27. The molecule has 0 saturated heterocycles. The highest BCUT2D eigenvalue weighted by Gasteiger charge is 2.29. The minimum atomic E-state index is -0.390. The van der Waals surface area contributed by atoms with Gasteiger partial charge >= 0.3 is 0 Å². The van der Waals surface area contributed by atoms with Crippen LogP contribution in [-0.2, 0) is 13.0 Å². The van der Waals surface area contributed by atoms with Crippen molar-refractivity contribution in [1.82, 2.24) is 20.8 Å². The number of aromatic nitrogens is 2. The summed E-state index contributed by atoms with van der Waals surface area (Å²) in [6.07, 6.45) is 1.73. The van der Waals surface area contributed by atoms with Crippen LogP contribution in [0, 0.1) is 5.92 Å². The predicted octanol–water partition coefficient (Wildman–Crippen LogP) is 0.549. The molecular weight excluding hydrogens is 254 g/mol. The number of rotatable bonds is 5. The summed E-state index contributed by atoms with van der Waals surface area (Å²) in [6, 6.07) is 0. The highest BCUT2D eigenvalue weighted by Crippen LogP contribution is 2.19. The van der Waals surface area contributed by atoms with Crippen molar-refractivity contribution in [3.8, 4) is 0 Å². The van der Waals surface area contributed by atoms with Crippen LogP contribution in [0.2, 0.25) is 0 Å². The van der Waals surface area contributed by atoms with E-state index in [0.717, 1.165) is 30.6 Å². The molecule has 1 atom stereocenters. The lowest BCUT2D eigenvalue weighted by Gasteiger charge is -2.31. The van der Waals surface area contributed by atoms with Gasteiger partial charge in [-0.25, -0.2) is 0 Å². The normalized spacial score (nSPS) is 17.6. The maximum atomic E-state index is 12.5. The van der Waals surface area contributed by atoms with E-state index in [1.54, 1.807) is 0 Å². The number of H-pyrrole nitrogens is 1. The smallest absolute Gasteiger partial charge is 0.272 e. The Morgan fingerprint density at radius 1 is 1.55 bits per heavy atom. The van der Waals surface area contributed by atoms with Gasteiger partial charge in [0.05, 0.1) is 5.54 Å². The molecular formula is C14H25N5O. The van der Waals surface area contributed by atoms with Gasteiger partial charge in [0.25, 0.3) is 5.91 Å². The second-order valence-corrected chi connectivity index (χ2v) is 6.27. The first kappa shape index (κ1) is 15.0. The summed E-state index contributed by atoms with van der Waals surface area (Å²) in [5, 5.41) is 13.5. The Hall–Kier alpha value is -1.40. The SMILES string of the molecule is CC(C)CC(C)(CN)NC(=O)c1n[nH]c2c1CNCC2. The molecule has 5 N–H and O–H groups in total. The Bertz CT molecular complexity index is 482. The van der Waals surface area contributed by atoms with Crippen LogP contribution >= 0.6 is 0 Å². The van der Waals surface area contributed by atoms with Crippen LogP contribution in [0.4, 0.5) is 0 Å². The molecule has 6 nitrogen and oxygen atoms in total. The van der Waals surface area contributed by atoms with Crippen molar-refractivity contribution in [1.29, 1.82) is 0 Å². The fourth-order valence-corrected chi connectivity index (χ4v) is 2.83. The number of aromatic amines is 1. The molecule has 0 fully saturated rings. The van der Waals surface area contributed by atoms with E-state index in [2.05, 4.69) is 34.7 Å². The molecule has 1 unspecified atom stereocenters. The fraction of sp³-hybridized carbons (Fsp3) is 0.714. The van der Waals surface area contributed by atoms with Gasteiger partial charge < -0.3 is 16.4 Å². The van der Waals surface area contributed by atoms with E-state index in [0.29, 0.717) is 24.7 Å². The topological polar surface area (TPSA) is 95.8 Å². The Morgan fingerprint density at radius 3 is 2.95 bits per heavy atom. The lowest BCUT2D eigenvalue weighted by molar-refractivity contribution is 0.0892. The van der Waals surface area contributed by atoms with Crippen molar-refractivity contribution in [2.75, 3.05) is 13.1 Å². The zero-order chi connectivity index (χ0) is 14.8. The van der Waals surface area contributed by atoms with Gasteiger partial charge in [0.1, 0.15) is 0 Å². The molecule has 0 aliphatic carbocycles. The molecule has 0 aromatic carbocycles. The van der Waals surface area contributed by atoms with Crippen molar-refractivity contribution in [3.05, 3.63) is 17.0 Å². The molecule has 1 aromatic rings. The van der Waals surface area contributed by atoms with Crippen LogP contribution in [0.25, 0.3) is 0 Å². The van der Waals surface area contributed by atoms with Gasteiger partial charge in [0, 0.05) is 37.3 Å². The molecule has 0 bridgehead atoms. The molecule has 2 rings (SSSR count). The summed E-state index contributed by atoms with van der Waals surface area (Å²) >= 11 is 0. The molecule has 1 aromatic heterocycles. The molecule has 112 valence electrons. The number of hydrogen-bond donors (Lipinski definition) is 4. The van der Waals surface area contributed by atoms with E-state index >= 15 is 0 Å². The van der Waals surface area contributed by atoms with Crippen molar-refractivity contribution in [2.45, 2.75) is 45.7 Å². The van der Waals surface area contributed by atoms with Crippen LogP contribution in [0.3, 0.4) is 0 Å². The molecule has 1 aliphatic rings. The minimum Gasteiger partial charge on any atom is -0.344 e. The molecule has 0 saturated carbocycles. The number of nitrogens with zero attached hydrogens (tertiary/aromatic N) is 1. The van der Waals surface area contributed by atoms with E-state index in [4.69, 9.17) is 5.73 Å². The maximum absolute atomic E-state index is 12.5. The van der Waals surface area contributed by atoms with Crippen LogP contribution < -0.4 is 16.4 Å². The predicted molar refractivity (Wildman–Crippen MR) is 78.4 cm³/mol. The van der Waals surface area contributed by atoms with Gasteiger partial charge in [-0.2, -0.15) is 5.10 Å². The van der Waals surface area contributed by atoms with Gasteiger partial charge in [-0.05, 0) is 19.3 Å². The van der Waals surface area contributed by atoms with Crippen LogP contribution in [0.15, 0.2) is 0 Å². The Morgan fingerprint density at radius 2 is 2.30 bits per heavy atom. The quantitative estimate of drug-likeness (QED) is 0.633. The summed E-state index contributed by atoms with van der Waals surface area (Å²) in [5.74, 6) is 0.332. The second-order valence-electron chi connectivity index (χ2n) is 6.27. The van der Waals surface area contributed by atoms with Gasteiger partial charge in [-0.3, -0.25) is 9.89 Å². The molecule has 1 amide bonds. The van der Waals surface area contributed by atoms with E-state index in [-0.39, 0.29) is 11.4 Å².